The Morgan fingerprint density at radius 3 is 2.38 bits per heavy atom. The molecule has 0 aliphatic carbocycles. The molecule has 0 saturated heterocycles. The van der Waals surface area contributed by atoms with Gasteiger partial charge in [0.2, 0.25) is 0 Å². The molecule has 0 spiro atoms. The Balaban J connectivity index is 2.84. The Morgan fingerprint density at radius 1 is 1.19 bits per heavy atom. The molecule has 0 atom stereocenters. The second-order valence-electron chi connectivity index (χ2n) is 5.15. The van der Waals surface area contributed by atoms with Crippen molar-refractivity contribution >= 4 is 16.7 Å². The number of hydrogen-bond acceptors (Lipinski definition) is 4. The summed E-state index contributed by atoms with van der Waals surface area (Å²) in [7, 11) is 2.99. The van der Waals surface area contributed by atoms with Crippen molar-refractivity contribution in [3.63, 3.8) is 0 Å². The van der Waals surface area contributed by atoms with Gasteiger partial charge in [-0.2, -0.15) is 0 Å². The van der Waals surface area contributed by atoms with Gasteiger partial charge >= 0.3 is 5.97 Å². The van der Waals surface area contributed by atoms with Crippen molar-refractivity contribution in [2.45, 2.75) is 19.4 Å². The third kappa shape index (κ3) is 2.33. The summed E-state index contributed by atoms with van der Waals surface area (Å²) in [6, 6.07) is 4.92. The largest absolute Gasteiger partial charge is 0.497 e. The van der Waals surface area contributed by atoms with Gasteiger partial charge < -0.3 is 14.6 Å². The third-order valence-corrected chi connectivity index (χ3v) is 3.54. The second-order valence-corrected chi connectivity index (χ2v) is 5.15. The Morgan fingerprint density at radius 2 is 1.86 bits per heavy atom. The Kier molecular flexibility index (Phi) is 3.63. The van der Waals surface area contributed by atoms with E-state index < -0.39 is 17.1 Å². The molecular formula is C15H17NO5. The van der Waals surface area contributed by atoms with E-state index >= 15 is 0 Å². The van der Waals surface area contributed by atoms with Crippen LogP contribution in [0.5, 0.6) is 11.5 Å². The van der Waals surface area contributed by atoms with Crippen LogP contribution in [0.4, 0.5) is 0 Å². The standard InChI is InChI=1S/C15H17NO5/c1-15(2,14(18)19)16-6-5-10-11(13(16)17)7-9(20-3)8-12(10)21-4/h5-8H,1-4H3,(H,18,19). The van der Waals surface area contributed by atoms with Crippen LogP contribution >= 0.6 is 0 Å². The number of hydrogen-bond donors (Lipinski definition) is 1. The molecule has 1 aromatic heterocycles. The summed E-state index contributed by atoms with van der Waals surface area (Å²) < 4.78 is 11.6. The topological polar surface area (TPSA) is 77.8 Å². The molecule has 0 fully saturated rings. The Bertz CT molecular complexity index is 760. The first-order valence-electron chi connectivity index (χ1n) is 6.34. The van der Waals surface area contributed by atoms with Crippen LogP contribution in [0.2, 0.25) is 0 Å². The van der Waals surface area contributed by atoms with Crippen molar-refractivity contribution in [1.29, 1.82) is 0 Å². The van der Waals surface area contributed by atoms with Crippen LogP contribution in [-0.2, 0) is 10.3 Å². The summed E-state index contributed by atoms with van der Waals surface area (Å²) in [5.74, 6) is -0.108. The van der Waals surface area contributed by atoms with E-state index in [1.807, 2.05) is 0 Å². The highest BCUT2D eigenvalue weighted by Gasteiger charge is 2.30. The van der Waals surface area contributed by atoms with Crippen molar-refractivity contribution in [3.05, 3.63) is 34.7 Å². The number of nitrogens with zero attached hydrogens (tertiary/aromatic N) is 1. The lowest BCUT2D eigenvalue weighted by Gasteiger charge is -2.23. The van der Waals surface area contributed by atoms with Crippen molar-refractivity contribution in [1.82, 2.24) is 4.57 Å². The van der Waals surface area contributed by atoms with Crippen molar-refractivity contribution in [3.8, 4) is 11.5 Å². The zero-order chi connectivity index (χ0) is 15.8. The van der Waals surface area contributed by atoms with Gasteiger partial charge in [-0.15, -0.1) is 0 Å². The maximum atomic E-state index is 12.6. The monoisotopic (exact) mass is 291 g/mol. The molecule has 0 unspecified atom stereocenters. The molecule has 0 saturated carbocycles. The van der Waals surface area contributed by atoms with E-state index in [-0.39, 0.29) is 0 Å². The van der Waals surface area contributed by atoms with Gasteiger partial charge in [0.15, 0.2) is 0 Å². The van der Waals surface area contributed by atoms with Crippen molar-refractivity contribution in [2.24, 2.45) is 0 Å². The number of rotatable bonds is 4. The molecule has 1 heterocycles. The van der Waals surface area contributed by atoms with Gasteiger partial charge in [-0.1, -0.05) is 0 Å². The molecular weight excluding hydrogens is 274 g/mol. The van der Waals surface area contributed by atoms with Gasteiger partial charge in [-0.3, -0.25) is 9.36 Å². The van der Waals surface area contributed by atoms with E-state index in [1.165, 1.54) is 38.8 Å². The number of carboxylic acid groups (broad SMARTS) is 1. The highest BCUT2D eigenvalue weighted by atomic mass is 16.5. The quantitative estimate of drug-likeness (QED) is 0.930. The molecule has 0 aliphatic heterocycles. The number of aromatic nitrogens is 1. The lowest BCUT2D eigenvalue weighted by Crippen LogP contribution is -2.42. The van der Waals surface area contributed by atoms with Crippen LogP contribution in [0.25, 0.3) is 10.8 Å². The molecule has 0 aliphatic rings. The van der Waals surface area contributed by atoms with E-state index in [9.17, 15) is 14.7 Å². The van der Waals surface area contributed by atoms with Crippen molar-refractivity contribution in [2.75, 3.05) is 14.2 Å². The number of aliphatic carboxylic acids is 1. The Labute approximate surface area is 121 Å². The maximum Gasteiger partial charge on any atom is 0.329 e. The van der Waals surface area contributed by atoms with Crippen LogP contribution in [0.3, 0.4) is 0 Å². The summed E-state index contributed by atoms with van der Waals surface area (Å²) in [5.41, 5.74) is -1.75. The number of methoxy groups -OCH3 is 2. The number of fused-ring (bicyclic) bond motifs is 1. The summed E-state index contributed by atoms with van der Waals surface area (Å²) in [6.45, 7) is 2.94. The fraction of sp³-hybridized carbons (Fsp3) is 0.333. The summed E-state index contributed by atoms with van der Waals surface area (Å²) in [4.78, 5) is 24.0. The zero-order valence-electron chi connectivity index (χ0n) is 12.3. The number of ether oxygens (including phenoxy) is 2. The summed E-state index contributed by atoms with van der Waals surface area (Å²) in [6.07, 6.45) is 1.47. The molecule has 1 N–H and O–H groups in total. The van der Waals surface area contributed by atoms with E-state index in [2.05, 4.69) is 0 Å². The average Bonchev–Trinajstić information content (AvgIpc) is 2.46. The maximum absolute atomic E-state index is 12.6. The zero-order valence-corrected chi connectivity index (χ0v) is 12.3. The van der Waals surface area contributed by atoms with Gasteiger partial charge in [0.25, 0.3) is 5.56 Å². The van der Waals surface area contributed by atoms with Gasteiger partial charge in [0.1, 0.15) is 17.0 Å². The van der Waals surface area contributed by atoms with Gasteiger partial charge in [0.05, 0.1) is 19.6 Å². The molecule has 6 nitrogen and oxygen atoms in total. The van der Waals surface area contributed by atoms with E-state index in [0.29, 0.717) is 22.3 Å². The third-order valence-electron chi connectivity index (χ3n) is 3.54. The fourth-order valence-corrected chi connectivity index (χ4v) is 2.13. The summed E-state index contributed by atoms with van der Waals surface area (Å²) >= 11 is 0. The number of benzene rings is 1. The highest BCUT2D eigenvalue weighted by Crippen LogP contribution is 2.29. The smallest absolute Gasteiger partial charge is 0.329 e. The minimum Gasteiger partial charge on any atom is -0.497 e. The normalized spacial score (nSPS) is 11.4. The minimum atomic E-state index is -1.35. The molecule has 1 aromatic carbocycles. The predicted octanol–water partition coefficient (Wildman–Crippen LogP) is 1.84. The molecule has 2 rings (SSSR count). The van der Waals surface area contributed by atoms with Crippen LogP contribution in [0.15, 0.2) is 29.2 Å². The summed E-state index contributed by atoms with van der Waals surface area (Å²) in [5, 5.41) is 10.2. The first-order chi connectivity index (χ1) is 9.82. The minimum absolute atomic E-state index is 0.350. The first kappa shape index (κ1) is 14.9. The second kappa shape index (κ2) is 5.12. The van der Waals surface area contributed by atoms with E-state index in [0.717, 1.165) is 0 Å². The predicted molar refractivity (Wildman–Crippen MR) is 78.3 cm³/mol. The van der Waals surface area contributed by atoms with Crippen molar-refractivity contribution < 1.29 is 19.4 Å². The number of pyridine rings is 1. The lowest BCUT2D eigenvalue weighted by molar-refractivity contribution is -0.145. The van der Waals surface area contributed by atoms with Crippen LogP contribution in [-0.4, -0.2) is 29.9 Å². The number of carbonyl (C=O) groups is 1. The van der Waals surface area contributed by atoms with Gasteiger partial charge in [-0.05, 0) is 26.0 Å². The molecule has 0 radical (unpaired) electrons. The van der Waals surface area contributed by atoms with Crippen LogP contribution in [0, 0.1) is 0 Å². The van der Waals surface area contributed by atoms with E-state index in [4.69, 9.17) is 9.47 Å². The molecule has 6 heteroatoms. The highest BCUT2D eigenvalue weighted by molar-refractivity contribution is 5.89. The molecule has 0 bridgehead atoms. The SMILES string of the molecule is COc1cc(OC)c2ccn(C(C)(C)C(=O)O)c(=O)c2c1. The Hall–Kier alpha value is -2.50. The molecule has 2 aromatic rings. The first-order valence-corrected chi connectivity index (χ1v) is 6.34. The average molecular weight is 291 g/mol. The van der Waals surface area contributed by atoms with Gasteiger partial charge in [0, 0.05) is 17.6 Å². The van der Waals surface area contributed by atoms with Crippen LogP contribution < -0.4 is 15.0 Å². The number of carboxylic acids is 1. The van der Waals surface area contributed by atoms with Gasteiger partial charge in [-0.25, -0.2) is 4.79 Å². The van der Waals surface area contributed by atoms with Crippen LogP contribution in [0.1, 0.15) is 13.8 Å². The molecule has 0 amide bonds. The van der Waals surface area contributed by atoms with E-state index in [1.54, 1.807) is 18.2 Å². The molecule has 112 valence electrons. The fourth-order valence-electron chi connectivity index (χ4n) is 2.13. The molecule has 21 heavy (non-hydrogen) atoms. The lowest BCUT2D eigenvalue weighted by atomic mass is 10.0.